The number of carbonyl (C=O) groups is 1. The van der Waals surface area contributed by atoms with Gasteiger partial charge in [-0.05, 0) is 62.2 Å². The molecule has 0 fully saturated rings. The van der Waals surface area contributed by atoms with Gasteiger partial charge in [-0.2, -0.15) is 0 Å². The van der Waals surface area contributed by atoms with Crippen LogP contribution in [0.1, 0.15) is 29.8 Å². The fourth-order valence-corrected chi connectivity index (χ4v) is 2.04. The number of nitrogens with one attached hydrogen (secondary N) is 1. The number of phenolic OH excluding ortho intramolecular Hbond substituents is 1. The lowest BCUT2D eigenvalue weighted by atomic mass is 10.1. The monoisotopic (exact) mass is 299 g/mol. The second-order valence-corrected chi connectivity index (χ2v) is 5.36. The van der Waals surface area contributed by atoms with Gasteiger partial charge in [-0.1, -0.05) is 12.1 Å². The molecule has 0 aliphatic carbocycles. The molecule has 2 rings (SSSR count). The summed E-state index contributed by atoms with van der Waals surface area (Å²) in [6.45, 7) is 4.47. The lowest BCUT2D eigenvalue weighted by Gasteiger charge is -2.10. The third-order valence-electron chi connectivity index (χ3n) is 3.12. The van der Waals surface area contributed by atoms with E-state index in [1.54, 1.807) is 36.4 Å². The van der Waals surface area contributed by atoms with Crippen molar-refractivity contribution in [1.29, 1.82) is 0 Å². The summed E-state index contributed by atoms with van der Waals surface area (Å²) >= 11 is 0. The molecule has 0 aliphatic rings. The lowest BCUT2D eigenvalue weighted by Crippen LogP contribution is -2.25. The van der Waals surface area contributed by atoms with E-state index in [0.717, 1.165) is 17.7 Å². The molecule has 4 heteroatoms. The van der Waals surface area contributed by atoms with Crippen LogP contribution in [0, 0.1) is 0 Å². The number of aromatic hydroxyl groups is 1. The van der Waals surface area contributed by atoms with Gasteiger partial charge in [0.2, 0.25) is 0 Å². The molecular weight excluding hydrogens is 278 g/mol. The molecule has 0 spiro atoms. The highest BCUT2D eigenvalue weighted by Crippen LogP contribution is 2.14. The minimum absolute atomic E-state index is 0.102. The molecule has 0 aliphatic heterocycles. The Morgan fingerprint density at radius 2 is 1.73 bits per heavy atom. The van der Waals surface area contributed by atoms with E-state index in [1.165, 1.54) is 0 Å². The first kappa shape index (κ1) is 15.9. The molecule has 0 atom stereocenters. The third-order valence-corrected chi connectivity index (χ3v) is 3.12. The van der Waals surface area contributed by atoms with Crippen LogP contribution in [-0.2, 0) is 6.42 Å². The average Bonchev–Trinajstić information content (AvgIpc) is 2.49. The molecule has 0 saturated heterocycles. The average molecular weight is 299 g/mol. The van der Waals surface area contributed by atoms with E-state index in [2.05, 4.69) is 5.32 Å². The summed E-state index contributed by atoms with van der Waals surface area (Å²) in [7, 11) is 0. The topological polar surface area (TPSA) is 58.6 Å². The van der Waals surface area contributed by atoms with Gasteiger partial charge < -0.3 is 15.2 Å². The first-order valence-electron chi connectivity index (χ1n) is 7.37. The van der Waals surface area contributed by atoms with Crippen molar-refractivity contribution in [3.63, 3.8) is 0 Å². The largest absolute Gasteiger partial charge is 0.508 e. The second-order valence-electron chi connectivity index (χ2n) is 5.36. The standard InChI is InChI=1S/C18H21NO3/c1-13(2)22-17-9-5-15(6-10-17)18(21)19-12-11-14-3-7-16(20)8-4-14/h3-10,13,20H,11-12H2,1-2H3,(H,19,21). The first-order chi connectivity index (χ1) is 10.5. The highest BCUT2D eigenvalue weighted by molar-refractivity contribution is 5.94. The minimum atomic E-state index is -0.102. The van der Waals surface area contributed by atoms with Crippen LogP contribution in [-0.4, -0.2) is 23.7 Å². The van der Waals surface area contributed by atoms with E-state index in [4.69, 9.17) is 4.74 Å². The van der Waals surface area contributed by atoms with Crippen LogP contribution in [0.15, 0.2) is 48.5 Å². The number of carbonyl (C=O) groups excluding carboxylic acids is 1. The van der Waals surface area contributed by atoms with Gasteiger partial charge in [0.25, 0.3) is 5.91 Å². The Hall–Kier alpha value is -2.49. The minimum Gasteiger partial charge on any atom is -0.508 e. The second kappa shape index (κ2) is 7.50. The first-order valence-corrected chi connectivity index (χ1v) is 7.37. The number of amides is 1. The summed E-state index contributed by atoms with van der Waals surface area (Å²) in [5.74, 6) is 0.905. The molecule has 0 radical (unpaired) electrons. The van der Waals surface area contributed by atoms with Crippen molar-refractivity contribution < 1.29 is 14.6 Å². The van der Waals surface area contributed by atoms with Gasteiger partial charge in [-0.25, -0.2) is 0 Å². The van der Waals surface area contributed by atoms with E-state index in [9.17, 15) is 9.90 Å². The Labute approximate surface area is 130 Å². The summed E-state index contributed by atoms with van der Waals surface area (Å²) in [6.07, 6.45) is 0.839. The van der Waals surface area contributed by atoms with E-state index in [0.29, 0.717) is 12.1 Å². The van der Waals surface area contributed by atoms with Gasteiger partial charge in [0.1, 0.15) is 11.5 Å². The number of hydrogen-bond acceptors (Lipinski definition) is 3. The molecule has 2 aromatic rings. The molecule has 0 heterocycles. The number of rotatable bonds is 6. The highest BCUT2D eigenvalue weighted by atomic mass is 16.5. The van der Waals surface area contributed by atoms with Crippen molar-refractivity contribution in [3.8, 4) is 11.5 Å². The Morgan fingerprint density at radius 3 is 2.32 bits per heavy atom. The fraction of sp³-hybridized carbons (Fsp3) is 0.278. The zero-order valence-electron chi connectivity index (χ0n) is 12.9. The summed E-state index contributed by atoms with van der Waals surface area (Å²) in [5.41, 5.74) is 1.68. The Balaban J connectivity index is 1.83. The smallest absolute Gasteiger partial charge is 0.251 e. The van der Waals surface area contributed by atoms with Crippen LogP contribution in [0.4, 0.5) is 0 Å². The third kappa shape index (κ3) is 4.81. The van der Waals surface area contributed by atoms with Gasteiger partial charge >= 0.3 is 0 Å². The molecule has 0 bridgehead atoms. The predicted molar refractivity (Wildman–Crippen MR) is 86.4 cm³/mol. The molecule has 2 N–H and O–H groups in total. The van der Waals surface area contributed by atoms with Gasteiger partial charge in [-0.15, -0.1) is 0 Å². The van der Waals surface area contributed by atoms with Crippen molar-refractivity contribution in [3.05, 3.63) is 59.7 Å². The molecule has 0 aromatic heterocycles. The molecule has 1 amide bonds. The Bertz CT molecular complexity index is 603. The van der Waals surface area contributed by atoms with Crippen molar-refractivity contribution in [2.24, 2.45) is 0 Å². The van der Waals surface area contributed by atoms with E-state index in [-0.39, 0.29) is 17.8 Å². The van der Waals surface area contributed by atoms with Crippen molar-refractivity contribution in [1.82, 2.24) is 5.32 Å². The predicted octanol–water partition coefficient (Wildman–Crippen LogP) is 3.15. The number of phenols is 1. The van der Waals surface area contributed by atoms with Crippen molar-refractivity contribution in [2.75, 3.05) is 6.54 Å². The van der Waals surface area contributed by atoms with Crippen LogP contribution < -0.4 is 10.1 Å². The summed E-state index contributed by atoms with van der Waals surface area (Å²) in [4.78, 5) is 12.0. The zero-order valence-corrected chi connectivity index (χ0v) is 12.9. The maximum absolute atomic E-state index is 12.0. The van der Waals surface area contributed by atoms with Crippen molar-refractivity contribution in [2.45, 2.75) is 26.4 Å². The molecule has 2 aromatic carbocycles. The van der Waals surface area contributed by atoms with E-state index in [1.807, 2.05) is 26.0 Å². The summed E-state index contributed by atoms with van der Waals surface area (Å²) < 4.78 is 5.55. The molecular formula is C18H21NO3. The lowest BCUT2D eigenvalue weighted by molar-refractivity contribution is 0.0954. The van der Waals surface area contributed by atoms with Crippen LogP contribution >= 0.6 is 0 Å². The molecule has 22 heavy (non-hydrogen) atoms. The molecule has 0 unspecified atom stereocenters. The highest BCUT2D eigenvalue weighted by Gasteiger charge is 2.06. The zero-order chi connectivity index (χ0) is 15.9. The van der Waals surface area contributed by atoms with Crippen LogP contribution in [0.25, 0.3) is 0 Å². The SMILES string of the molecule is CC(C)Oc1ccc(C(=O)NCCc2ccc(O)cc2)cc1. The maximum Gasteiger partial charge on any atom is 0.251 e. The summed E-state index contributed by atoms with van der Waals surface area (Å²) in [5, 5.41) is 12.1. The van der Waals surface area contributed by atoms with Gasteiger partial charge in [0, 0.05) is 12.1 Å². The Kier molecular flexibility index (Phi) is 5.42. The summed E-state index contributed by atoms with van der Waals surface area (Å²) in [6, 6.07) is 14.1. The molecule has 116 valence electrons. The van der Waals surface area contributed by atoms with E-state index < -0.39 is 0 Å². The number of hydrogen-bond donors (Lipinski definition) is 2. The molecule has 0 saturated carbocycles. The van der Waals surface area contributed by atoms with E-state index >= 15 is 0 Å². The maximum atomic E-state index is 12.0. The van der Waals surface area contributed by atoms with Crippen LogP contribution in [0.5, 0.6) is 11.5 Å². The van der Waals surface area contributed by atoms with Crippen LogP contribution in [0.2, 0.25) is 0 Å². The Morgan fingerprint density at radius 1 is 1.09 bits per heavy atom. The number of ether oxygens (including phenoxy) is 1. The fourth-order valence-electron chi connectivity index (χ4n) is 2.04. The van der Waals surface area contributed by atoms with Crippen molar-refractivity contribution >= 4 is 5.91 Å². The van der Waals surface area contributed by atoms with Gasteiger partial charge in [0.05, 0.1) is 6.10 Å². The normalized spacial score (nSPS) is 10.5. The number of benzene rings is 2. The quantitative estimate of drug-likeness (QED) is 0.861. The molecule has 4 nitrogen and oxygen atoms in total. The van der Waals surface area contributed by atoms with Gasteiger partial charge in [-0.3, -0.25) is 4.79 Å². The van der Waals surface area contributed by atoms with Crippen LogP contribution in [0.3, 0.4) is 0 Å². The van der Waals surface area contributed by atoms with Gasteiger partial charge in [0.15, 0.2) is 0 Å².